The molecule has 0 radical (unpaired) electrons. The lowest BCUT2D eigenvalue weighted by Gasteiger charge is -2.32. The molecule has 0 aromatic carbocycles. The SMILES string of the molecule is CN(C)c1ccc(-c2ncc(Br)cc2N)cn1.CN(C)c1ccc(B2OC(C)(C)C(C)(C)O2)cn1.Nc1cc(Br)cnc1Br. The monoisotopic (exact) mass is 790 g/mol. The van der Waals surface area contributed by atoms with Crippen LogP contribution in [0.1, 0.15) is 27.7 Å². The third kappa shape index (κ3) is 9.37. The molecule has 0 bridgehead atoms. The van der Waals surface area contributed by atoms with Crippen molar-refractivity contribution < 1.29 is 9.31 Å². The van der Waals surface area contributed by atoms with Crippen LogP contribution in [0, 0.1) is 0 Å². The van der Waals surface area contributed by atoms with Gasteiger partial charge in [0.2, 0.25) is 0 Å². The normalized spacial score (nSPS) is 14.6. The van der Waals surface area contributed by atoms with Crippen molar-refractivity contribution >= 4 is 83.4 Å². The molecule has 0 amide bonds. The van der Waals surface area contributed by atoms with E-state index in [0.717, 1.165) is 37.3 Å². The second-order valence-electron chi connectivity index (χ2n) is 11.4. The number of pyridine rings is 4. The van der Waals surface area contributed by atoms with Crippen LogP contribution in [-0.2, 0) is 9.31 Å². The molecule has 5 rings (SSSR count). The first-order chi connectivity index (χ1) is 20.5. The molecule has 234 valence electrons. The molecule has 1 aliphatic heterocycles. The van der Waals surface area contributed by atoms with E-state index in [1.165, 1.54) is 0 Å². The number of hydrogen-bond donors (Lipinski definition) is 2. The molecule has 10 nitrogen and oxygen atoms in total. The van der Waals surface area contributed by atoms with Crippen LogP contribution in [-0.4, -0.2) is 66.4 Å². The number of nitrogens with two attached hydrogens (primary N) is 2. The zero-order valence-electron chi connectivity index (χ0n) is 26.1. The largest absolute Gasteiger partial charge is 0.496 e. The van der Waals surface area contributed by atoms with Crippen LogP contribution in [0.5, 0.6) is 0 Å². The van der Waals surface area contributed by atoms with Gasteiger partial charge >= 0.3 is 7.12 Å². The maximum absolute atomic E-state index is 5.97. The van der Waals surface area contributed by atoms with E-state index in [1.807, 2.05) is 74.5 Å². The highest BCUT2D eigenvalue weighted by atomic mass is 79.9. The summed E-state index contributed by atoms with van der Waals surface area (Å²) in [5.74, 6) is 1.83. The number of nitrogen functional groups attached to an aromatic ring is 2. The van der Waals surface area contributed by atoms with Crippen LogP contribution in [0.2, 0.25) is 0 Å². The molecule has 0 aliphatic carbocycles. The van der Waals surface area contributed by atoms with Gasteiger partial charge in [-0.1, -0.05) is 6.07 Å². The zero-order valence-corrected chi connectivity index (χ0v) is 30.9. The number of rotatable bonds is 4. The van der Waals surface area contributed by atoms with E-state index < -0.39 is 0 Å². The van der Waals surface area contributed by atoms with Gasteiger partial charge in [-0.3, -0.25) is 4.98 Å². The van der Waals surface area contributed by atoms with Crippen LogP contribution in [0.4, 0.5) is 23.0 Å². The minimum absolute atomic E-state index is 0.308. The smallest absolute Gasteiger partial charge is 0.399 e. The topological polar surface area (TPSA) is 129 Å². The van der Waals surface area contributed by atoms with Gasteiger partial charge in [0.05, 0.1) is 28.3 Å². The van der Waals surface area contributed by atoms with Crippen molar-refractivity contribution in [3.63, 3.8) is 0 Å². The minimum Gasteiger partial charge on any atom is -0.399 e. The van der Waals surface area contributed by atoms with Crippen molar-refractivity contribution in [1.29, 1.82) is 0 Å². The van der Waals surface area contributed by atoms with E-state index in [9.17, 15) is 0 Å². The van der Waals surface area contributed by atoms with Crippen LogP contribution in [0.25, 0.3) is 11.3 Å². The number of anilines is 4. The predicted molar refractivity (Wildman–Crippen MR) is 192 cm³/mol. The summed E-state index contributed by atoms with van der Waals surface area (Å²) in [7, 11) is 7.51. The van der Waals surface area contributed by atoms with Crippen LogP contribution < -0.4 is 26.7 Å². The minimum atomic E-state index is -0.335. The molecule has 1 saturated heterocycles. The molecule has 0 unspecified atom stereocenters. The third-order valence-electron chi connectivity index (χ3n) is 6.95. The van der Waals surface area contributed by atoms with Crippen molar-refractivity contribution in [2.75, 3.05) is 49.5 Å². The molecule has 0 spiro atoms. The van der Waals surface area contributed by atoms with Gasteiger partial charge in [0, 0.05) is 72.9 Å². The molecular weight excluding hydrogens is 755 g/mol. The maximum Gasteiger partial charge on any atom is 0.496 e. The Balaban J connectivity index is 0.000000190. The summed E-state index contributed by atoms with van der Waals surface area (Å²) >= 11 is 9.74. The fourth-order valence-electron chi connectivity index (χ4n) is 3.71. The molecule has 0 saturated carbocycles. The lowest BCUT2D eigenvalue weighted by molar-refractivity contribution is 0.00578. The summed E-state index contributed by atoms with van der Waals surface area (Å²) < 4.78 is 14.4. The first-order valence-electron chi connectivity index (χ1n) is 13.6. The van der Waals surface area contributed by atoms with E-state index >= 15 is 0 Å². The van der Waals surface area contributed by atoms with Crippen molar-refractivity contribution in [3.05, 3.63) is 74.7 Å². The van der Waals surface area contributed by atoms with Crippen molar-refractivity contribution in [2.45, 2.75) is 38.9 Å². The lowest BCUT2D eigenvalue weighted by Crippen LogP contribution is -2.41. The quantitative estimate of drug-likeness (QED) is 0.183. The van der Waals surface area contributed by atoms with Gasteiger partial charge in [0.15, 0.2) is 0 Å². The van der Waals surface area contributed by atoms with Gasteiger partial charge in [-0.15, -0.1) is 0 Å². The number of hydrogen-bond acceptors (Lipinski definition) is 10. The first-order valence-corrected chi connectivity index (χ1v) is 16.0. The van der Waals surface area contributed by atoms with Gasteiger partial charge in [-0.2, -0.15) is 0 Å². The molecule has 1 aliphatic rings. The Morgan fingerprint density at radius 2 is 1.16 bits per heavy atom. The molecule has 14 heteroatoms. The van der Waals surface area contributed by atoms with Gasteiger partial charge < -0.3 is 30.6 Å². The molecule has 5 heterocycles. The fourth-order valence-corrected chi connectivity index (χ4v) is 4.62. The van der Waals surface area contributed by atoms with Crippen LogP contribution >= 0.6 is 47.8 Å². The van der Waals surface area contributed by atoms with Crippen LogP contribution in [0.3, 0.4) is 0 Å². The second-order valence-corrected chi connectivity index (χ2v) is 13.9. The van der Waals surface area contributed by atoms with Gasteiger partial charge in [0.25, 0.3) is 0 Å². The molecule has 44 heavy (non-hydrogen) atoms. The summed E-state index contributed by atoms with van der Waals surface area (Å²) in [6.07, 6.45) is 7.01. The van der Waals surface area contributed by atoms with E-state index in [2.05, 4.69) is 95.4 Å². The third-order valence-corrected chi connectivity index (χ3v) is 8.48. The number of nitrogens with zero attached hydrogens (tertiary/aromatic N) is 6. The van der Waals surface area contributed by atoms with E-state index in [1.54, 1.807) is 24.7 Å². The van der Waals surface area contributed by atoms with Crippen molar-refractivity contribution in [2.24, 2.45) is 0 Å². The van der Waals surface area contributed by atoms with Gasteiger partial charge in [0.1, 0.15) is 16.2 Å². The average molecular weight is 793 g/mol. The van der Waals surface area contributed by atoms with Gasteiger partial charge in [-0.05, 0) is 106 Å². The van der Waals surface area contributed by atoms with Crippen molar-refractivity contribution in [1.82, 2.24) is 19.9 Å². The Hall–Kier alpha value is -2.78. The summed E-state index contributed by atoms with van der Waals surface area (Å²) in [6.45, 7) is 8.20. The van der Waals surface area contributed by atoms with Crippen LogP contribution in [0.15, 0.2) is 74.7 Å². The molecular formula is C30H38BBr3N8O2. The molecule has 4 aromatic heterocycles. The number of aromatic nitrogens is 4. The zero-order chi connectivity index (χ0) is 32.8. The maximum atomic E-state index is 5.97. The van der Waals surface area contributed by atoms with Crippen molar-refractivity contribution in [3.8, 4) is 11.3 Å². The predicted octanol–water partition coefficient (Wildman–Crippen LogP) is 6.19. The summed E-state index contributed by atoms with van der Waals surface area (Å²) in [6, 6.07) is 11.5. The Bertz CT molecular complexity index is 1520. The lowest BCUT2D eigenvalue weighted by atomic mass is 9.80. The molecule has 4 aromatic rings. The summed E-state index contributed by atoms with van der Waals surface area (Å²) in [4.78, 5) is 20.9. The first kappa shape index (κ1) is 35.7. The Labute approximate surface area is 285 Å². The Morgan fingerprint density at radius 3 is 1.57 bits per heavy atom. The Morgan fingerprint density at radius 1 is 0.659 bits per heavy atom. The average Bonchev–Trinajstić information content (AvgIpc) is 3.18. The molecule has 0 atom stereocenters. The molecule has 1 fully saturated rings. The van der Waals surface area contributed by atoms with Gasteiger partial charge in [-0.25, -0.2) is 15.0 Å². The highest BCUT2D eigenvalue weighted by Crippen LogP contribution is 2.36. The highest BCUT2D eigenvalue weighted by molar-refractivity contribution is 9.11. The summed E-state index contributed by atoms with van der Waals surface area (Å²) in [5, 5.41) is 0. The number of halogens is 3. The van der Waals surface area contributed by atoms with E-state index in [4.69, 9.17) is 20.8 Å². The highest BCUT2D eigenvalue weighted by Gasteiger charge is 2.51. The Kier molecular flexibility index (Phi) is 12.2. The molecule has 4 N–H and O–H groups in total. The fraction of sp³-hybridized carbons (Fsp3) is 0.333. The second kappa shape index (κ2) is 15.0. The summed E-state index contributed by atoms with van der Waals surface area (Å²) in [5.41, 5.74) is 14.7. The van der Waals surface area contributed by atoms with E-state index in [-0.39, 0.29) is 18.3 Å². The standard InChI is InChI=1S/C13H21BN2O2.C12H13BrN4.C5H4Br2N2/c1-12(2)13(3,4)18-14(17-12)10-7-8-11(15-9-10)16(5)6;1-17(2)11-4-3-8(6-15-11)12-10(14)5-9(13)7-16-12;6-3-1-4(8)5(7)9-2-3/h7-9H,1-6H3;3-7H,14H2,1-2H3;1-2H,8H2. The van der Waals surface area contributed by atoms with E-state index in [0.29, 0.717) is 16.0 Å².